The summed E-state index contributed by atoms with van der Waals surface area (Å²) < 4.78 is 0.909. The van der Waals surface area contributed by atoms with E-state index in [1.807, 2.05) is 69.3 Å². The van der Waals surface area contributed by atoms with Crippen molar-refractivity contribution in [2.24, 2.45) is 5.41 Å². The highest BCUT2D eigenvalue weighted by Gasteiger charge is 2.37. The van der Waals surface area contributed by atoms with Crippen molar-refractivity contribution in [3.8, 4) is 0 Å². The molecule has 130 valence electrons. The number of halogens is 1. The first-order valence-corrected chi connectivity index (χ1v) is 9.02. The van der Waals surface area contributed by atoms with Gasteiger partial charge < -0.3 is 10.2 Å². The second-order valence-electron chi connectivity index (χ2n) is 7.28. The number of carbonyl (C=O) groups excluding carboxylic acids is 2. The second kappa shape index (κ2) is 6.64. The van der Waals surface area contributed by atoms with Gasteiger partial charge in [-0.3, -0.25) is 9.59 Å². The molecule has 0 aliphatic carbocycles. The number of benzene rings is 2. The lowest BCUT2D eigenvalue weighted by molar-refractivity contribution is -0.143. The van der Waals surface area contributed by atoms with Crippen LogP contribution < -0.4 is 5.32 Å². The molecule has 1 unspecified atom stereocenters. The molecule has 1 heterocycles. The summed E-state index contributed by atoms with van der Waals surface area (Å²) >= 11 is 3.51. The van der Waals surface area contributed by atoms with E-state index in [2.05, 4.69) is 21.2 Å². The van der Waals surface area contributed by atoms with Crippen LogP contribution in [0.1, 0.15) is 37.9 Å². The van der Waals surface area contributed by atoms with E-state index in [9.17, 15) is 9.59 Å². The Morgan fingerprint density at radius 1 is 1.16 bits per heavy atom. The van der Waals surface area contributed by atoms with Crippen molar-refractivity contribution in [2.75, 3.05) is 11.9 Å². The number of hydrogen-bond acceptors (Lipinski definition) is 2. The predicted octanol–water partition coefficient (Wildman–Crippen LogP) is 4.37. The Hall–Kier alpha value is -2.14. The Balaban J connectivity index is 2.22. The van der Waals surface area contributed by atoms with Crippen LogP contribution in [-0.4, -0.2) is 23.3 Å². The van der Waals surface area contributed by atoms with E-state index in [1.54, 1.807) is 4.90 Å². The number of carbonyl (C=O) groups is 2. The molecule has 1 atom stereocenters. The van der Waals surface area contributed by atoms with E-state index in [0.29, 0.717) is 0 Å². The third-order valence-electron chi connectivity index (χ3n) is 4.23. The molecule has 0 spiro atoms. The molecule has 0 bridgehead atoms. The smallest absolute Gasteiger partial charge is 0.244 e. The second-order valence-corrected chi connectivity index (χ2v) is 8.19. The molecule has 2 amide bonds. The molecule has 2 aromatic rings. The predicted molar refractivity (Wildman–Crippen MR) is 102 cm³/mol. The van der Waals surface area contributed by atoms with Crippen LogP contribution in [0.5, 0.6) is 0 Å². The quantitative estimate of drug-likeness (QED) is 0.772. The molecule has 0 fully saturated rings. The average Bonchev–Trinajstić information content (AvgIpc) is 2.69. The van der Waals surface area contributed by atoms with Crippen LogP contribution >= 0.6 is 15.9 Å². The van der Waals surface area contributed by atoms with Crippen molar-refractivity contribution in [1.82, 2.24) is 4.90 Å². The molecular formula is C20H21BrN2O2. The molecule has 1 N–H and O–H groups in total. The summed E-state index contributed by atoms with van der Waals surface area (Å²) in [5, 5.41) is 2.93. The van der Waals surface area contributed by atoms with Gasteiger partial charge in [0.15, 0.2) is 0 Å². The van der Waals surface area contributed by atoms with E-state index >= 15 is 0 Å². The van der Waals surface area contributed by atoms with Gasteiger partial charge in [-0.05, 0) is 23.8 Å². The Morgan fingerprint density at radius 3 is 2.48 bits per heavy atom. The lowest BCUT2D eigenvalue weighted by Crippen LogP contribution is -2.44. The lowest BCUT2D eigenvalue weighted by atomic mass is 9.90. The third kappa shape index (κ3) is 3.61. The van der Waals surface area contributed by atoms with Crippen LogP contribution in [0.15, 0.2) is 53.0 Å². The molecule has 0 radical (unpaired) electrons. The van der Waals surface area contributed by atoms with E-state index in [-0.39, 0.29) is 24.4 Å². The molecule has 0 saturated heterocycles. The zero-order chi connectivity index (χ0) is 18.2. The first-order chi connectivity index (χ1) is 11.8. The number of fused-ring (bicyclic) bond motifs is 1. The van der Waals surface area contributed by atoms with Gasteiger partial charge in [-0.2, -0.15) is 0 Å². The first-order valence-electron chi connectivity index (χ1n) is 8.22. The van der Waals surface area contributed by atoms with Crippen molar-refractivity contribution in [3.63, 3.8) is 0 Å². The fraction of sp³-hybridized carbons (Fsp3) is 0.300. The van der Waals surface area contributed by atoms with Gasteiger partial charge in [-0.25, -0.2) is 0 Å². The van der Waals surface area contributed by atoms with Crippen molar-refractivity contribution in [3.05, 3.63) is 64.1 Å². The maximum absolute atomic E-state index is 13.1. The Morgan fingerprint density at radius 2 is 1.84 bits per heavy atom. The van der Waals surface area contributed by atoms with Crippen LogP contribution in [0.3, 0.4) is 0 Å². The summed E-state index contributed by atoms with van der Waals surface area (Å²) in [6, 6.07) is 15.3. The molecule has 0 saturated carbocycles. The number of nitrogens with zero attached hydrogens (tertiary/aromatic N) is 1. The highest BCUT2D eigenvalue weighted by atomic mass is 79.9. The van der Waals surface area contributed by atoms with E-state index in [0.717, 1.165) is 21.3 Å². The SMILES string of the molecule is CC(C)(C)C(=O)N1CC(=O)Nc2ccc(Br)cc2C1c1ccccc1. The summed E-state index contributed by atoms with van der Waals surface area (Å²) in [7, 11) is 0. The van der Waals surface area contributed by atoms with Crippen LogP contribution in [-0.2, 0) is 9.59 Å². The maximum atomic E-state index is 13.1. The molecule has 0 aromatic heterocycles. The average molecular weight is 401 g/mol. The molecule has 2 aromatic carbocycles. The number of rotatable bonds is 1. The van der Waals surface area contributed by atoms with Crippen LogP contribution in [0.25, 0.3) is 0 Å². The van der Waals surface area contributed by atoms with E-state index in [4.69, 9.17) is 0 Å². The summed E-state index contributed by atoms with van der Waals surface area (Å²) in [5.74, 6) is -0.232. The number of hydrogen-bond donors (Lipinski definition) is 1. The third-order valence-corrected chi connectivity index (χ3v) is 4.72. The minimum Gasteiger partial charge on any atom is -0.324 e. The Bertz CT molecular complexity index is 812. The van der Waals surface area contributed by atoms with Crippen molar-refractivity contribution in [2.45, 2.75) is 26.8 Å². The summed E-state index contributed by atoms with van der Waals surface area (Å²) in [6.07, 6.45) is 0. The zero-order valence-corrected chi connectivity index (χ0v) is 16.1. The van der Waals surface area contributed by atoms with Gasteiger partial charge in [0, 0.05) is 21.1 Å². The summed E-state index contributed by atoms with van der Waals surface area (Å²) in [5.41, 5.74) is 2.05. The molecule has 1 aliphatic heterocycles. The topological polar surface area (TPSA) is 49.4 Å². The molecule has 3 rings (SSSR count). The highest BCUT2D eigenvalue weighted by Crippen LogP contribution is 2.39. The fourth-order valence-corrected chi connectivity index (χ4v) is 3.47. The van der Waals surface area contributed by atoms with Crippen molar-refractivity contribution >= 4 is 33.4 Å². The Kier molecular flexibility index (Phi) is 4.69. The molecule has 25 heavy (non-hydrogen) atoms. The highest BCUT2D eigenvalue weighted by molar-refractivity contribution is 9.10. The monoisotopic (exact) mass is 400 g/mol. The fourth-order valence-electron chi connectivity index (χ4n) is 3.09. The van der Waals surface area contributed by atoms with Crippen LogP contribution in [0, 0.1) is 5.41 Å². The zero-order valence-electron chi connectivity index (χ0n) is 14.5. The van der Waals surface area contributed by atoms with Crippen molar-refractivity contribution in [1.29, 1.82) is 0 Å². The molecule has 4 nitrogen and oxygen atoms in total. The van der Waals surface area contributed by atoms with Gasteiger partial charge in [0.1, 0.15) is 6.54 Å². The number of nitrogens with one attached hydrogen (secondary N) is 1. The number of amides is 2. The first kappa shape index (κ1) is 17.7. The normalized spacial score (nSPS) is 17.5. The van der Waals surface area contributed by atoms with Gasteiger partial charge in [-0.15, -0.1) is 0 Å². The van der Waals surface area contributed by atoms with E-state index < -0.39 is 5.41 Å². The summed E-state index contributed by atoms with van der Waals surface area (Å²) in [6.45, 7) is 5.66. The van der Waals surface area contributed by atoms with E-state index in [1.165, 1.54) is 0 Å². The van der Waals surface area contributed by atoms with Gasteiger partial charge in [-0.1, -0.05) is 67.0 Å². The van der Waals surface area contributed by atoms with Crippen molar-refractivity contribution < 1.29 is 9.59 Å². The Labute approximate surface area is 156 Å². The largest absolute Gasteiger partial charge is 0.324 e. The lowest BCUT2D eigenvalue weighted by Gasteiger charge is -2.35. The number of anilines is 1. The van der Waals surface area contributed by atoms with Gasteiger partial charge in [0.2, 0.25) is 11.8 Å². The minimum absolute atomic E-state index is 0.0297. The minimum atomic E-state index is -0.580. The van der Waals surface area contributed by atoms with Crippen LogP contribution in [0.4, 0.5) is 5.69 Å². The maximum Gasteiger partial charge on any atom is 0.244 e. The molecular weight excluding hydrogens is 380 g/mol. The molecule has 1 aliphatic rings. The van der Waals surface area contributed by atoms with Gasteiger partial charge in [0.25, 0.3) is 0 Å². The molecule has 5 heteroatoms. The summed E-state index contributed by atoms with van der Waals surface area (Å²) in [4.78, 5) is 27.2. The van der Waals surface area contributed by atoms with Crippen LogP contribution in [0.2, 0.25) is 0 Å². The standard InChI is InChI=1S/C20H21BrN2O2/c1-20(2,3)19(25)23-12-17(24)22-16-10-9-14(21)11-15(16)18(23)13-7-5-4-6-8-13/h4-11,18H,12H2,1-3H3,(H,22,24). The van der Waals surface area contributed by atoms with Gasteiger partial charge in [0.05, 0.1) is 6.04 Å². The van der Waals surface area contributed by atoms with Gasteiger partial charge >= 0.3 is 0 Å².